The summed E-state index contributed by atoms with van der Waals surface area (Å²) in [5.41, 5.74) is 8.85. The number of aryl methyl sites for hydroxylation is 1. The van der Waals surface area contributed by atoms with Crippen LogP contribution in [0.25, 0.3) is 0 Å². The average molecular weight is 282 g/mol. The van der Waals surface area contributed by atoms with Gasteiger partial charge in [0.15, 0.2) is 0 Å². The Morgan fingerprint density at radius 2 is 1.81 bits per heavy atom. The van der Waals surface area contributed by atoms with Crippen LogP contribution < -0.4 is 5.73 Å². The van der Waals surface area contributed by atoms with Crippen LogP contribution in [0, 0.1) is 0 Å². The van der Waals surface area contributed by atoms with Gasteiger partial charge in [-0.3, -0.25) is 9.78 Å². The molecule has 1 aromatic heterocycles. The summed E-state index contributed by atoms with van der Waals surface area (Å²) in [6.07, 6.45) is 3.15. The largest absolute Gasteiger partial charge is 0.399 e. The Hall–Kier alpha value is -2.16. The summed E-state index contributed by atoms with van der Waals surface area (Å²) in [7, 11) is 0. The molecule has 0 aliphatic carbocycles. The predicted molar refractivity (Wildman–Crippen MR) is 86.2 cm³/mol. The molecule has 0 saturated carbocycles. The fourth-order valence-corrected chi connectivity index (χ4v) is 2.22. The van der Waals surface area contributed by atoms with E-state index in [4.69, 9.17) is 5.73 Å². The second-order valence-corrected chi connectivity index (χ2v) is 5.86. The first kappa shape index (κ1) is 15.2. The van der Waals surface area contributed by atoms with E-state index in [-0.39, 0.29) is 5.78 Å². The van der Waals surface area contributed by atoms with Crippen molar-refractivity contribution in [1.29, 1.82) is 0 Å². The zero-order chi connectivity index (χ0) is 15.5. The third-order valence-corrected chi connectivity index (χ3v) is 3.97. The molecule has 1 aromatic carbocycles. The van der Waals surface area contributed by atoms with E-state index >= 15 is 0 Å². The number of anilines is 1. The number of nitrogen functional groups attached to an aromatic ring is 1. The van der Waals surface area contributed by atoms with Gasteiger partial charge >= 0.3 is 0 Å². The molecule has 3 heteroatoms. The summed E-state index contributed by atoms with van der Waals surface area (Å²) in [4.78, 5) is 17.0. The number of hydrogen-bond acceptors (Lipinski definition) is 3. The van der Waals surface area contributed by atoms with Gasteiger partial charge in [-0.2, -0.15) is 0 Å². The van der Waals surface area contributed by atoms with Gasteiger partial charge in [0, 0.05) is 29.4 Å². The maximum absolute atomic E-state index is 12.6. The maximum Gasteiger partial charge on any atom is 0.148 e. The van der Waals surface area contributed by atoms with Gasteiger partial charge in [0.1, 0.15) is 5.78 Å². The number of nitrogens with zero attached hydrogens (tertiary/aromatic N) is 1. The molecule has 0 amide bonds. The van der Waals surface area contributed by atoms with Crippen molar-refractivity contribution in [3.8, 4) is 0 Å². The Morgan fingerprint density at radius 1 is 1.14 bits per heavy atom. The van der Waals surface area contributed by atoms with Crippen LogP contribution in [-0.2, 0) is 23.1 Å². The monoisotopic (exact) mass is 282 g/mol. The predicted octanol–water partition coefficient (Wildman–Crippen LogP) is 3.32. The van der Waals surface area contributed by atoms with Crippen LogP contribution in [0.5, 0.6) is 0 Å². The molecule has 0 atom stereocenters. The van der Waals surface area contributed by atoms with Crippen LogP contribution in [0.2, 0.25) is 0 Å². The number of benzene rings is 1. The van der Waals surface area contributed by atoms with Crippen LogP contribution in [0.15, 0.2) is 42.6 Å². The van der Waals surface area contributed by atoms with E-state index < -0.39 is 5.41 Å². The van der Waals surface area contributed by atoms with E-state index in [1.165, 1.54) is 5.56 Å². The Morgan fingerprint density at radius 3 is 2.33 bits per heavy atom. The lowest BCUT2D eigenvalue weighted by molar-refractivity contribution is -0.122. The minimum absolute atomic E-state index is 0.156. The molecule has 2 N–H and O–H groups in total. The molecular formula is C18H22N2O. The topological polar surface area (TPSA) is 56.0 Å². The fourth-order valence-electron chi connectivity index (χ4n) is 2.22. The Balaban J connectivity index is 2.15. The van der Waals surface area contributed by atoms with Gasteiger partial charge in [-0.05, 0) is 49.6 Å². The fraction of sp³-hybridized carbons (Fsp3) is 0.333. The first-order valence-corrected chi connectivity index (χ1v) is 7.26. The highest BCUT2D eigenvalue weighted by atomic mass is 16.1. The quantitative estimate of drug-likeness (QED) is 0.856. The van der Waals surface area contributed by atoms with E-state index in [1.807, 2.05) is 56.4 Å². The highest BCUT2D eigenvalue weighted by Gasteiger charge is 2.29. The zero-order valence-electron chi connectivity index (χ0n) is 12.9. The molecule has 0 saturated heterocycles. The summed E-state index contributed by atoms with van der Waals surface area (Å²) < 4.78 is 0. The number of rotatable bonds is 5. The van der Waals surface area contributed by atoms with Crippen molar-refractivity contribution in [1.82, 2.24) is 4.98 Å². The Bertz CT molecular complexity index is 613. The molecule has 110 valence electrons. The second kappa shape index (κ2) is 6.08. The lowest BCUT2D eigenvalue weighted by Crippen LogP contribution is -2.30. The first-order chi connectivity index (χ1) is 9.93. The van der Waals surface area contributed by atoms with Crippen molar-refractivity contribution in [2.24, 2.45) is 0 Å². The smallest absolute Gasteiger partial charge is 0.148 e. The number of Topliss-reactive ketones (excluding diaryl/α,β-unsaturated/α-hetero) is 1. The molecule has 0 unspecified atom stereocenters. The number of carbonyl (C=O) groups is 1. The molecule has 0 bridgehead atoms. The van der Waals surface area contributed by atoms with Crippen LogP contribution in [-0.4, -0.2) is 10.8 Å². The lowest BCUT2D eigenvalue weighted by atomic mass is 9.79. The number of pyridine rings is 1. The molecule has 1 heterocycles. The van der Waals surface area contributed by atoms with E-state index in [9.17, 15) is 4.79 Å². The third-order valence-electron chi connectivity index (χ3n) is 3.97. The standard InChI is InChI=1S/C18H22N2O/c1-4-13-5-10-16(20-12-13)11-17(21)18(2,3)14-6-8-15(19)9-7-14/h5-10,12H,4,11,19H2,1-3H3. The minimum Gasteiger partial charge on any atom is -0.399 e. The van der Waals surface area contributed by atoms with Crippen molar-refractivity contribution in [2.75, 3.05) is 5.73 Å². The Labute approximate surface area is 126 Å². The van der Waals surface area contributed by atoms with Gasteiger partial charge in [-0.25, -0.2) is 0 Å². The first-order valence-electron chi connectivity index (χ1n) is 7.26. The van der Waals surface area contributed by atoms with Gasteiger partial charge in [0.2, 0.25) is 0 Å². The summed E-state index contributed by atoms with van der Waals surface area (Å²) in [5, 5.41) is 0. The molecule has 0 radical (unpaired) electrons. The van der Waals surface area contributed by atoms with Gasteiger partial charge in [-0.15, -0.1) is 0 Å². The number of ketones is 1. The molecule has 0 fully saturated rings. The van der Waals surface area contributed by atoms with Crippen molar-refractivity contribution in [3.63, 3.8) is 0 Å². The molecule has 2 aromatic rings. The molecule has 0 spiro atoms. The van der Waals surface area contributed by atoms with E-state index in [2.05, 4.69) is 11.9 Å². The summed E-state index contributed by atoms with van der Waals surface area (Å²) in [5.74, 6) is 0.156. The second-order valence-electron chi connectivity index (χ2n) is 5.86. The van der Waals surface area contributed by atoms with Gasteiger partial charge in [0.05, 0.1) is 0 Å². The van der Waals surface area contributed by atoms with E-state index in [1.54, 1.807) is 0 Å². The maximum atomic E-state index is 12.6. The third kappa shape index (κ3) is 3.48. The van der Waals surface area contributed by atoms with Gasteiger partial charge in [0.25, 0.3) is 0 Å². The molecule has 0 aliphatic rings. The van der Waals surface area contributed by atoms with Crippen LogP contribution in [0.3, 0.4) is 0 Å². The van der Waals surface area contributed by atoms with Crippen molar-refractivity contribution in [3.05, 3.63) is 59.4 Å². The highest BCUT2D eigenvalue weighted by Crippen LogP contribution is 2.26. The molecule has 21 heavy (non-hydrogen) atoms. The van der Waals surface area contributed by atoms with Crippen LogP contribution >= 0.6 is 0 Å². The van der Waals surface area contributed by atoms with Gasteiger partial charge < -0.3 is 5.73 Å². The zero-order valence-corrected chi connectivity index (χ0v) is 12.9. The summed E-state index contributed by atoms with van der Waals surface area (Å²) in [6, 6.07) is 11.5. The minimum atomic E-state index is -0.543. The normalized spacial score (nSPS) is 11.4. The average Bonchev–Trinajstić information content (AvgIpc) is 2.48. The molecule has 3 nitrogen and oxygen atoms in total. The highest BCUT2D eigenvalue weighted by molar-refractivity contribution is 5.90. The number of nitrogens with two attached hydrogens (primary N) is 1. The molecule has 2 rings (SSSR count). The lowest BCUT2D eigenvalue weighted by Gasteiger charge is -2.23. The number of carbonyl (C=O) groups excluding carboxylic acids is 1. The van der Waals surface area contributed by atoms with Crippen molar-refractivity contribution in [2.45, 2.75) is 39.0 Å². The van der Waals surface area contributed by atoms with E-state index in [0.717, 1.165) is 17.7 Å². The Kier molecular flexibility index (Phi) is 4.41. The summed E-state index contributed by atoms with van der Waals surface area (Å²) in [6.45, 7) is 5.98. The van der Waals surface area contributed by atoms with E-state index in [0.29, 0.717) is 12.1 Å². The number of hydrogen-bond donors (Lipinski definition) is 1. The number of aromatic nitrogens is 1. The SMILES string of the molecule is CCc1ccc(CC(=O)C(C)(C)c2ccc(N)cc2)nc1. The summed E-state index contributed by atoms with van der Waals surface area (Å²) >= 11 is 0. The van der Waals surface area contributed by atoms with Crippen LogP contribution in [0.4, 0.5) is 5.69 Å². The molecular weight excluding hydrogens is 260 g/mol. The van der Waals surface area contributed by atoms with Crippen LogP contribution in [0.1, 0.15) is 37.6 Å². The molecule has 0 aliphatic heterocycles. The van der Waals surface area contributed by atoms with Crippen molar-refractivity contribution < 1.29 is 4.79 Å². The van der Waals surface area contributed by atoms with Gasteiger partial charge in [-0.1, -0.05) is 25.1 Å². The van der Waals surface area contributed by atoms with Crippen molar-refractivity contribution >= 4 is 11.5 Å².